The molecule has 0 saturated carbocycles. The molecule has 0 aliphatic carbocycles. The Morgan fingerprint density at radius 3 is 2.58 bits per heavy atom. The van der Waals surface area contributed by atoms with E-state index in [9.17, 15) is 15.3 Å². The molecule has 2 rings (SSSR count). The number of fused-ring (bicyclic) bond motifs is 1. The minimum atomic E-state index is -1.12. The number of aromatic nitrogens is 2. The number of nitrogens with zero attached hydrogens (tertiary/aromatic N) is 5. The van der Waals surface area contributed by atoms with E-state index < -0.39 is 16.5 Å². The summed E-state index contributed by atoms with van der Waals surface area (Å²) in [5, 5.41) is 39.9. The standard InChI is InChI=1S/C9H3N5O3S.Na/c10-3-5(4-11)6-1-2-7(13(15)16)9-8(6)12-18-14(9)17;/h1-2,5H;/q;+1. The quantitative estimate of drug-likeness (QED) is 0.205. The molecule has 0 radical (unpaired) electrons. The molecule has 0 atom stereocenters. The predicted molar refractivity (Wildman–Crippen MR) is 59.2 cm³/mol. The molecule has 0 aliphatic rings. The molecule has 0 spiro atoms. The van der Waals surface area contributed by atoms with Crippen LogP contribution in [-0.2, 0) is 0 Å². The first-order valence-electron chi connectivity index (χ1n) is 4.56. The van der Waals surface area contributed by atoms with Gasteiger partial charge in [-0.3, -0.25) is 10.1 Å². The molecule has 0 unspecified atom stereocenters. The molecule has 10 heteroatoms. The summed E-state index contributed by atoms with van der Waals surface area (Å²) in [6.45, 7) is 0. The van der Waals surface area contributed by atoms with Crippen molar-refractivity contribution in [2.24, 2.45) is 0 Å². The zero-order valence-electron chi connectivity index (χ0n) is 9.60. The van der Waals surface area contributed by atoms with Gasteiger partial charge in [0.25, 0.3) is 22.8 Å². The summed E-state index contributed by atoms with van der Waals surface area (Å²) < 4.78 is 4.06. The van der Waals surface area contributed by atoms with E-state index in [1.165, 1.54) is 6.07 Å². The van der Waals surface area contributed by atoms with E-state index >= 15 is 0 Å². The fraction of sp³-hybridized carbons (Fsp3) is 0.111. The van der Waals surface area contributed by atoms with Gasteiger partial charge in [-0.2, -0.15) is 14.6 Å². The normalized spacial score (nSPS) is 9.63. The molecule has 1 heterocycles. The molecule has 88 valence electrons. The van der Waals surface area contributed by atoms with Crippen LogP contribution in [0, 0.1) is 38.0 Å². The average Bonchev–Trinajstić information content (AvgIpc) is 2.73. The Kier molecular flexibility index (Phi) is 4.75. The second-order valence-corrected chi connectivity index (χ2v) is 3.93. The largest absolute Gasteiger partial charge is 1.00 e. The average molecular weight is 284 g/mol. The van der Waals surface area contributed by atoms with Gasteiger partial charge >= 0.3 is 35.2 Å². The van der Waals surface area contributed by atoms with Crippen LogP contribution in [0.2, 0.25) is 0 Å². The molecular formula is C9H3N5NaO3S+. The number of nitro groups is 1. The molecule has 0 N–H and O–H groups in total. The van der Waals surface area contributed by atoms with E-state index in [-0.39, 0.29) is 46.2 Å². The Morgan fingerprint density at radius 1 is 1.42 bits per heavy atom. The molecule has 0 saturated heterocycles. The summed E-state index contributed by atoms with van der Waals surface area (Å²) in [4.78, 5) is 10.1. The molecule has 2 aromatic rings. The second-order valence-electron chi connectivity index (χ2n) is 3.25. The van der Waals surface area contributed by atoms with Gasteiger partial charge in [0.1, 0.15) is 0 Å². The molecular weight excluding hydrogens is 281 g/mol. The minimum absolute atomic E-state index is 0. The maximum Gasteiger partial charge on any atom is 1.00 e. The third-order valence-electron chi connectivity index (χ3n) is 2.32. The van der Waals surface area contributed by atoms with Gasteiger partial charge in [0.05, 0.1) is 17.1 Å². The van der Waals surface area contributed by atoms with Crippen LogP contribution in [0.25, 0.3) is 11.0 Å². The smallest absolute Gasteiger partial charge is 0.700 e. The predicted octanol–water partition coefficient (Wildman–Crippen LogP) is -2.03. The zero-order chi connectivity index (χ0) is 13.3. The summed E-state index contributed by atoms with van der Waals surface area (Å²) in [5.41, 5.74) is -0.395. The van der Waals surface area contributed by atoms with E-state index in [2.05, 4.69) is 4.37 Å². The summed E-state index contributed by atoms with van der Waals surface area (Å²) >= 11 is 0.490. The summed E-state index contributed by atoms with van der Waals surface area (Å²) in [5.74, 6) is -1.12. The van der Waals surface area contributed by atoms with Crippen molar-refractivity contribution in [2.45, 2.75) is 5.92 Å². The van der Waals surface area contributed by atoms with Crippen LogP contribution in [0.15, 0.2) is 12.1 Å². The molecule has 19 heavy (non-hydrogen) atoms. The van der Waals surface area contributed by atoms with Gasteiger partial charge in [0.15, 0.2) is 5.92 Å². The van der Waals surface area contributed by atoms with Crippen molar-refractivity contribution in [3.8, 4) is 12.1 Å². The fourth-order valence-electron chi connectivity index (χ4n) is 1.53. The number of hydrogen-bond acceptors (Lipinski definition) is 7. The van der Waals surface area contributed by atoms with Gasteiger partial charge < -0.3 is 5.21 Å². The van der Waals surface area contributed by atoms with Gasteiger partial charge in [-0.05, 0) is 6.07 Å². The SMILES string of the molecule is N#CC(C#N)c1ccc([N+](=O)[O-])c2c1ns[n+]2[O-].[Na+]. The summed E-state index contributed by atoms with van der Waals surface area (Å²) in [7, 11) is 0. The minimum Gasteiger partial charge on any atom is -0.700 e. The zero-order valence-corrected chi connectivity index (χ0v) is 12.4. The molecule has 0 amide bonds. The fourth-order valence-corrected chi connectivity index (χ4v) is 2.14. The summed E-state index contributed by atoms with van der Waals surface area (Å²) in [6.07, 6.45) is 0. The Bertz CT molecular complexity index is 718. The Morgan fingerprint density at radius 2 is 2.05 bits per heavy atom. The number of nitro benzene ring substituents is 1. The van der Waals surface area contributed by atoms with Crippen LogP contribution >= 0.6 is 11.7 Å². The van der Waals surface area contributed by atoms with Gasteiger partial charge in [-0.1, -0.05) is 0 Å². The number of benzene rings is 1. The van der Waals surface area contributed by atoms with Gasteiger partial charge in [0, 0.05) is 16.0 Å². The van der Waals surface area contributed by atoms with E-state index in [1.54, 1.807) is 12.1 Å². The maximum absolute atomic E-state index is 11.5. The Balaban J connectivity index is 0.00000180. The van der Waals surface area contributed by atoms with Crippen molar-refractivity contribution < 1.29 is 38.6 Å². The van der Waals surface area contributed by atoms with Crippen LogP contribution in [-0.4, -0.2) is 9.30 Å². The number of rotatable bonds is 2. The van der Waals surface area contributed by atoms with Crippen LogP contribution in [0.4, 0.5) is 5.69 Å². The summed E-state index contributed by atoms with van der Waals surface area (Å²) in [6, 6.07) is 5.86. The first-order chi connectivity index (χ1) is 8.60. The molecule has 1 aromatic carbocycles. The van der Waals surface area contributed by atoms with E-state index in [4.69, 9.17) is 10.5 Å². The topological polar surface area (TPSA) is 131 Å². The third-order valence-corrected chi connectivity index (χ3v) is 2.91. The van der Waals surface area contributed by atoms with E-state index in [1.807, 2.05) is 0 Å². The number of nitriles is 2. The maximum atomic E-state index is 11.5. The van der Waals surface area contributed by atoms with Crippen molar-refractivity contribution in [1.29, 1.82) is 10.5 Å². The van der Waals surface area contributed by atoms with Crippen molar-refractivity contribution in [3.05, 3.63) is 33.0 Å². The van der Waals surface area contributed by atoms with Crippen LogP contribution in [0.5, 0.6) is 0 Å². The molecule has 8 nitrogen and oxygen atoms in total. The second kappa shape index (κ2) is 5.91. The molecule has 0 fully saturated rings. The number of hydrogen-bond donors (Lipinski definition) is 0. The molecule has 1 aromatic heterocycles. The van der Waals surface area contributed by atoms with Crippen molar-refractivity contribution in [1.82, 2.24) is 4.37 Å². The van der Waals surface area contributed by atoms with Crippen molar-refractivity contribution in [2.75, 3.05) is 0 Å². The van der Waals surface area contributed by atoms with Gasteiger partial charge in [-0.15, -0.1) is 0 Å². The van der Waals surface area contributed by atoms with E-state index in [0.717, 1.165) is 6.07 Å². The first kappa shape index (κ1) is 15.3. The van der Waals surface area contributed by atoms with Gasteiger partial charge in [0.2, 0.25) is 0 Å². The van der Waals surface area contributed by atoms with E-state index in [0.29, 0.717) is 15.8 Å². The monoisotopic (exact) mass is 284 g/mol. The third kappa shape index (κ3) is 2.50. The van der Waals surface area contributed by atoms with Crippen LogP contribution in [0.3, 0.4) is 0 Å². The first-order valence-corrected chi connectivity index (χ1v) is 5.29. The van der Waals surface area contributed by atoms with Gasteiger partial charge in [-0.25, -0.2) is 0 Å². The van der Waals surface area contributed by atoms with Crippen LogP contribution in [0.1, 0.15) is 11.5 Å². The molecule has 0 bridgehead atoms. The molecule has 0 aliphatic heterocycles. The Hall–Kier alpha value is -1.78. The van der Waals surface area contributed by atoms with Crippen molar-refractivity contribution in [3.63, 3.8) is 0 Å². The Labute approximate surface area is 132 Å². The number of non-ortho nitro benzene ring substituents is 1. The van der Waals surface area contributed by atoms with Crippen LogP contribution < -0.4 is 33.7 Å². The van der Waals surface area contributed by atoms with Crippen molar-refractivity contribution >= 4 is 28.4 Å².